The molecule has 2 heteroatoms. The van der Waals surface area contributed by atoms with E-state index >= 15 is 0 Å². The Bertz CT molecular complexity index is 44.5. The maximum atomic E-state index is 2.23. The standard InChI is InChI=1S/2C4H9.Li.Na/c2*1-3-4-2;;/h3H,4H2,1-2H3;1,3-4H2,2H3;;. The van der Waals surface area contributed by atoms with Crippen molar-refractivity contribution in [3.05, 3.63) is 0 Å². The average Bonchev–Trinajstić information content (AvgIpc) is 1.91. The predicted molar refractivity (Wildman–Crippen MR) is 50.9 cm³/mol. The Balaban J connectivity index is 0. The van der Waals surface area contributed by atoms with Gasteiger partial charge in [0.1, 0.15) is 0 Å². The molecule has 0 heterocycles. The van der Waals surface area contributed by atoms with E-state index < -0.39 is 0 Å². The van der Waals surface area contributed by atoms with E-state index in [9.17, 15) is 0 Å². The second kappa shape index (κ2) is 13.2. The molecule has 0 aliphatic carbocycles. The minimum absolute atomic E-state index is 0.884. The molecule has 0 aliphatic heterocycles. The first-order valence-electron chi connectivity index (χ1n) is 4.68. The third-order valence-corrected chi connectivity index (χ3v) is 2.23. The van der Waals surface area contributed by atoms with Crippen LogP contribution in [-0.4, -0.2) is 45.6 Å². The maximum absolute atomic E-state index is 2.23. The molecule has 52 valence electrons. The van der Waals surface area contributed by atoms with E-state index in [4.69, 9.17) is 0 Å². The fraction of sp³-hybridized carbons (Fsp3) is 1.00. The second-order valence-corrected chi connectivity index (χ2v) is 4.16. The number of rotatable bonds is 3. The zero-order chi connectivity index (χ0) is 8.41. The van der Waals surface area contributed by atoms with Gasteiger partial charge in [-0.2, -0.15) is 0 Å². The summed E-state index contributed by atoms with van der Waals surface area (Å²) < 4.78 is 2.37. The van der Waals surface area contributed by atoms with Gasteiger partial charge in [-0.05, 0) is 0 Å². The summed E-state index contributed by atoms with van der Waals surface area (Å²) >= 11 is 3.62. The molecule has 0 radical (unpaired) electrons. The summed E-state index contributed by atoms with van der Waals surface area (Å²) in [5, 5.41) is 0. The molecular weight excluding hydrogens is 126 g/mol. The van der Waals surface area contributed by atoms with E-state index in [2.05, 4.69) is 38.5 Å². The van der Waals surface area contributed by atoms with Gasteiger partial charge in [-0.15, -0.1) is 0 Å². The third-order valence-electron chi connectivity index (χ3n) is 1.52. The minimum atomic E-state index is 0.884. The van der Waals surface area contributed by atoms with Crippen LogP contribution in [0, 0.1) is 0 Å². The van der Waals surface area contributed by atoms with Crippen molar-refractivity contribution in [1.29, 1.82) is 0 Å². The topological polar surface area (TPSA) is 0 Å². The van der Waals surface area contributed by atoms with Crippen molar-refractivity contribution in [3.8, 4) is 0 Å². The van der Waals surface area contributed by atoms with Crippen molar-refractivity contribution in [3.63, 3.8) is 0 Å². The van der Waals surface area contributed by atoms with Gasteiger partial charge in [0.25, 0.3) is 0 Å². The van der Waals surface area contributed by atoms with Crippen LogP contribution in [0.1, 0.15) is 40.0 Å². The van der Waals surface area contributed by atoms with E-state index in [0.29, 0.717) is 0 Å². The summed E-state index contributed by atoms with van der Waals surface area (Å²) in [6, 6.07) is 0. The molecule has 0 aromatic rings. The van der Waals surface area contributed by atoms with Crippen molar-refractivity contribution in [2.45, 2.75) is 48.3 Å². The Morgan fingerprint density at radius 2 is 1.80 bits per heavy atom. The van der Waals surface area contributed by atoms with Crippen molar-refractivity contribution in [2.24, 2.45) is 0 Å². The molecule has 0 aromatic carbocycles. The molecule has 0 fully saturated rings. The molecular formula is C8H18LiNa. The summed E-state index contributed by atoms with van der Waals surface area (Å²) in [6.07, 6.45) is 4.13. The molecule has 0 N–H and O–H groups in total. The van der Waals surface area contributed by atoms with Gasteiger partial charge in [-0.3, -0.25) is 0 Å². The van der Waals surface area contributed by atoms with Crippen molar-refractivity contribution in [1.82, 2.24) is 0 Å². The van der Waals surface area contributed by atoms with Crippen molar-refractivity contribution < 1.29 is 0 Å². The van der Waals surface area contributed by atoms with Gasteiger partial charge in [-0.25, -0.2) is 0 Å². The molecule has 0 spiro atoms. The second-order valence-electron chi connectivity index (χ2n) is 3.16. The number of hydrogen-bond donors (Lipinski definition) is 0. The predicted octanol–water partition coefficient (Wildman–Crippen LogP) is 2.75. The molecule has 1 unspecified atom stereocenters. The Morgan fingerprint density at radius 3 is 1.80 bits per heavy atom. The number of unbranched alkanes of at least 4 members (excludes halogenated alkanes) is 1. The summed E-state index contributed by atoms with van der Waals surface area (Å²) in [6.45, 7) is 6.66. The monoisotopic (exact) mass is 144 g/mol. The quantitative estimate of drug-likeness (QED) is 0.534. The molecule has 0 saturated carbocycles. The third kappa shape index (κ3) is 22.6. The molecule has 0 aliphatic rings. The zero-order valence-electron chi connectivity index (χ0n) is 8.41. The van der Waals surface area contributed by atoms with E-state index in [1.54, 1.807) is 0 Å². The van der Waals surface area contributed by atoms with Crippen LogP contribution < -0.4 is 0 Å². The van der Waals surface area contributed by atoms with Gasteiger partial charge >= 0.3 is 93.9 Å². The van der Waals surface area contributed by atoms with Crippen LogP contribution in [0.25, 0.3) is 0 Å². The normalized spacial score (nSPS) is 11.9. The molecule has 0 bridgehead atoms. The van der Waals surface area contributed by atoms with E-state index in [-0.39, 0.29) is 0 Å². The van der Waals surface area contributed by atoms with Crippen LogP contribution in [0.3, 0.4) is 0 Å². The van der Waals surface area contributed by atoms with Gasteiger partial charge in [0, 0.05) is 0 Å². The van der Waals surface area contributed by atoms with Gasteiger partial charge in [0.2, 0.25) is 0 Å². The summed E-state index contributed by atoms with van der Waals surface area (Å²) in [4.78, 5) is 0. The van der Waals surface area contributed by atoms with Gasteiger partial charge in [0.15, 0.2) is 0 Å². The van der Waals surface area contributed by atoms with E-state index in [1.807, 2.05) is 0 Å². The first-order chi connectivity index (χ1) is 4.68. The Hall–Kier alpha value is 1.60. The SMILES string of the molecule is CCC[CH2][Na].[Li][CH](C)CC. The molecule has 0 amide bonds. The van der Waals surface area contributed by atoms with Crippen LogP contribution in [-0.2, 0) is 0 Å². The first kappa shape index (κ1) is 14.1. The van der Waals surface area contributed by atoms with Crippen molar-refractivity contribution in [2.75, 3.05) is 0 Å². The molecule has 1 atom stereocenters. The summed E-state index contributed by atoms with van der Waals surface area (Å²) in [7, 11) is 0. The van der Waals surface area contributed by atoms with Crippen LogP contribution in [0.2, 0.25) is 8.26 Å². The van der Waals surface area contributed by atoms with Gasteiger partial charge in [0.05, 0.1) is 0 Å². The number of hydrogen-bond acceptors (Lipinski definition) is 0. The molecule has 0 saturated heterocycles. The van der Waals surface area contributed by atoms with E-state index in [1.165, 1.54) is 50.9 Å². The zero-order valence-corrected chi connectivity index (χ0v) is 10.4. The first-order valence-corrected chi connectivity index (χ1v) is 6.10. The van der Waals surface area contributed by atoms with Gasteiger partial charge in [-0.1, -0.05) is 0 Å². The Morgan fingerprint density at radius 1 is 1.40 bits per heavy atom. The van der Waals surface area contributed by atoms with Crippen molar-refractivity contribution >= 4 is 45.6 Å². The summed E-state index contributed by atoms with van der Waals surface area (Å²) in [5.74, 6) is 0. The molecule has 0 aromatic heterocycles. The molecule has 10 heavy (non-hydrogen) atoms. The van der Waals surface area contributed by atoms with Gasteiger partial charge < -0.3 is 0 Å². The van der Waals surface area contributed by atoms with Crippen LogP contribution >= 0.6 is 0 Å². The molecule has 0 rings (SSSR count). The summed E-state index contributed by atoms with van der Waals surface area (Å²) in [5.41, 5.74) is 0. The average molecular weight is 144 g/mol. The fourth-order valence-electron chi connectivity index (χ4n) is 0.354. The van der Waals surface area contributed by atoms with Crippen LogP contribution in [0.4, 0.5) is 0 Å². The molecule has 0 nitrogen and oxygen atoms in total. The van der Waals surface area contributed by atoms with Crippen LogP contribution in [0.15, 0.2) is 0 Å². The van der Waals surface area contributed by atoms with E-state index in [0.717, 1.165) is 4.59 Å². The Kier molecular flexibility index (Phi) is 18.7. The fourth-order valence-corrected chi connectivity index (χ4v) is 1.06. The Labute approximate surface area is 93.2 Å². The van der Waals surface area contributed by atoms with Crippen LogP contribution in [0.5, 0.6) is 0 Å².